The lowest BCUT2D eigenvalue weighted by atomic mass is 10.1. The Balaban J connectivity index is 1.80. The van der Waals surface area contributed by atoms with Crippen LogP contribution in [-0.2, 0) is 4.74 Å². The third-order valence-electron chi connectivity index (χ3n) is 4.01. The molecule has 0 spiro atoms. The first-order chi connectivity index (χ1) is 11.9. The topological polar surface area (TPSA) is 79.9 Å². The Kier molecular flexibility index (Phi) is 5.60. The number of aliphatic hydroxyl groups excluding tert-OH is 2. The van der Waals surface area contributed by atoms with Gasteiger partial charge in [-0.05, 0) is 42.8 Å². The van der Waals surface area contributed by atoms with Crippen LogP contribution in [0.5, 0.6) is 0 Å². The number of halogens is 2. The van der Waals surface area contributed by atoms with Crippen molar-refractivity contribution in [2.75, 3.05) is 6.61 Å². The summed E-state index contributed by atoms with van der Waals surface area (Å²) >= 11 is 6.83. The van der Waals surface area contributed by atoms with Crippen LogP contribution in [0, 0.1) is 6.92 Å². The van der Waals surface area contributed by atoms with Crippen LogP contribution in [0.3, 0.4) is 0 Å². The summed E-state index contributed by atoms with van der Waals surface area (Å²) in [4.78, 5) is 12.5. The number of allylic oxidation sites excluding steroid dienone is 1. The van der Waals surface area contributed by atoms with Gasteiger partial charge in [0.05, 0.1) is 12.2 Å². The van der Waals surface area contributed by atoms with Gasteiger partial charge in [-0.3, -0.25) is 4.79 Å². The first-order valence-corrected chi connectivity index (χ1v) is 9.21. The van der Waals surface area contributed by atoms with E-state index >= 15 is 0 Å². The van der Waals surface area contributed by atoms with Crippen molar-refractivity contribution in [2.45, 2.75) is 25.2 Å². The quantitative estimate of drug-likeness (QED) is 0.523. The Morgan fingerprint density at radius 2 is 2.04 bits per heavy atom. The van der Waals surface area contributed by atoms with Crippen molar-refractivity contribution in [1.29, 1.82) is 0 Å². The molecule has 1 aliphatic rings. The van der Waals surface area contributed by atoms with E-state index in [-0.39, 0.29) is 12.4 Å². The van der Waals surface area contributed by atoms with Crippen LogP contribution in [0.25, 0.3) is 6.08 Å². The van der Waals surface area contributed by atoms with Crippen LogP contribution in [-0.4, -0.2) is 34.8 Å². The SMILES string of the molecule is Cc1oc([C@@H]2OC[C@@H](O)[C@H]2O)cc1C(=O)/C=C/c1ccc(Br)cc1Br. The zero-order valence-corrected chi connectivity index (χ0v) is 16.5. The summed E-state index contributed by atoms with van der Waals surface area (Å²) in [7, 11) is 0. The molecule has 25 heavy (non-hydrogen) atoms. The molecular formula is C18H16Br2O5. The van der Waals surface area contributed by atoms with Crippen LogP contribution in [0.15, 0.2) is 43.7 Å². The fraction of sp³-hybridized carbons (Fsp3) is 0.278. The number of furan rings is 1. The highest BCUT2D eigenvalue weighted by atomic mass is 79.9. The molecule has 1 aliphatic heterocycles. The number of benzene rings is 1. The smallest absolute Gasteiger partial charge is 0.189 e. The van der Waals surface area contributed by atoms with Crippen molar-refractivity contribution in [1.82, 2.24) is 0 Å². The van der Waals surface area contributed by atoms with E-state index in [1.54, 1.807) is 19.1 Å². The number of ether oxygens (including phenoxy) is 1. The number of ketones is 1. The Bertz CT molecular complexity index is 827. The average molecular weight is 472 g/mol. The normalized spacial score (nSPS) is 23.5. The van der Waals surface area contributed by atoms with E-state index in [2.05, 4.69) is 31.9 Å². The van der Waals surface area contributed by atoms with Gasteiger partial charge in [0.1, 0.15) is 29.8 Å². The average Bonchev–Trinajstić information content (AvgIpc) is 3.10. The third kappa shape index (κ3) is 3.96. The molecule has 2 heterocycles. The van der Waals surface area contributed by atoms with E-state index in [4.69, 9.17) is 9.15 Å². The van der Waals surface area contributed by atoms with Gasteiger partial charge in [-0.15, -0.1) is 0 Å². The highest BCUT2D eigenvalue weighted by Crippen LogP contribution is 2.32. The number of aliphatic hydroxyl groups is 2. The fourth-order valence-corrected chi connectivity index (χ4v) is 3.81. The van der Waals surface area contributed by atoms with E-state index in [0.717, 1.165) is 14.5 Å². The number of carbonyl (C=O) groups is 1. The predicted octanol–water partition coefficient (Wildman–Crippen LogP) is 3.80. The van der Waals surface area contributed by atoms with Gasteiger partial charge in [0.15, 0.2) is 5.78 Å². The molecule has 3 rings (SSSR count). The Hall–Kier alpha value is -1.25. The van der Waals surface area contributed by atoms with Gasteiger partial charge in [0.2, 0.25) is 0 Å². The zero-order valence-electron chi connectivity index (χ0n) is 13.3. The third-order valence-corrected chi connectivity index (χ3v) is 5.19. The molecule has 0 aliphatic carbocycles. The largest absolute Gasteiger partial charge is 0.463 e. The summed E-state index contributed by atoms with van der Waals surface area (Å²) in [6, 6.07) is 7.23. The summed E-state index contributed by atoms with van der Waals surface area (Å²) in [5, 5.41) is 19.5. The van der Waals surface area contributed by atoms with Gasteiger partial charge in [0.25, 0.3) is 0 Å². The lowest BCUT2D eigenvalue weighted by Gasteiger charge is -2.11. The zero-order chi connectivity index (χ0) is 18.1. The van der Waals surface area contributed by atoms with Crippen molar-refractivity contribution in [3.63, 3.8) is 0 Å². The van der Waals surface area contributed by atoms with Gasteiger partial charge < -0.3 is 19.4 Å². The monoisotopic (exact) mass is 470 g/mol. The number of carbonyl (C=O) groups excluding carboxylic acids is 1. The Labute approximate surface area is 161 Å². The van der Waals surface area contributed by atoms with E-state index in [1.807, 2.05) is 18.2 Å². The molecule has 1 aromatic heterocycles. The van der Waals surface area contributed by atoms with Gasteiger partial charge in [0, 0.05) is 8.95 Å². The fourth-order valence-electron chi connectivity index (χ4n) is 2.63. The summed E-state index contributed by atoms with van der Waals surface area (Å²) in [5.41, 5.74) is 1.27. The molecular weight excluding hydrogens is 456 g/mol. The molecule has 1 fully saturated rings. The van der Waals surface area contributed by atoms with E-state index in [0.29, 0.717) is 17.1 Å². The second-order valence-corrected chi connectivity index (χ2v) is 7.56. The van der Waals surface area contributed by atoms with E-state index in [9.17, 15) is 15.0 Å². The second-order valence-electron chi connectivity index (χ2n) is 5.79. The number of hydrogen-bond acceptors (Lipinski definition) is 5. The molecule has 0 radical (unpaired) electrons. The molecule has 0 unspecified atom stereocenters. The standard InChI is InChI=1S/C18H16Br2O5/c1-9-12(7-16(25-9)18-17(23)15(22)8-24-18)14(21)5-3-10-2-4-11(19)6-13(10)20/h2-7,15,17-18,22-23H,8H2,1H3/b5-3+/t15-,17-,18+/m1/s1. The number of aryl methyl sites for hydroxylation is 1. The lowest BCUT2D eigenvalue weighted by molar-refractivity contribution is 0.0117. The van der Waals surface area contributed by atoms with Crippen molar-refractivity contribution < 1.29 is 24.2 Å². The predicted molar refractivity (Wildman–Crippen MR) is 99.4 cm³/mol. The molecule has 0 bridgehead atoms. The van der Waals surface area contributed by atoms with Gasteiger partial charge in [-0.25, -0.2) is 0 Å². The summed E-state index contributed by atoms with van der Waals surface area (Å²) in [6.45, 7) is 1.71. The highest BCUT2D eigenvalue weighted by Gasteiger charge is 2.38. The first kappa shape index (κ1) is 18.5. The first-order valence-electron chi connectivity index (χ1n) is 7.62. The minimum Gasteiger partial charge on any atom is -0.463 e. The molecule has 2 aromatic rings. The highest BCUT2D eigenvalue weighted by molar-refractivity contribution is 9.11. The van der Waals surface area contributed by atoms with Gasteiger partial charge >= 0.3 is 0 Å². The van der Waals surface area contributed by atoms with Crippen LogP contribution < -0.4 is 0 Å². The minimum atomic E-state index is -1.07. The minimum absolute atomic E-state index is 0.0341. The van der Waals surface area contributed by atoms with Gasteiger partial charge in [-0.1, -0.05) is 37.9 Å². The Morgan fingerprint density at radius 1 is 1.28 bits per heavy atom. The van der Waals surface area contributed by atoms with E-state index < -0.39 is 18.3 Å². The van der Waals surface area contributed by atoms with Crippen molar-refractivity contribution in [2.24, 2.45) is 0 Å². The lowest BCUT2D eigenvalue weighted by Crippen LogP contribution is -2.24. The van der Waals surface area contributed by atoms with Crippen LogP contribution in [0.1, 0.15) is 33.5 Å². The molecule has 0 amide bonds. The number of hydrogen-bond donors (Lipinski definition) is 2. The molecule has 132 valence electrons. The molecule has 0 saturated carbocycles. The van der Waals surface area contributed by atoms with Crippen LogP contribution in [0.2, 0.25) is 0 Å². The van der Waals surface area contributed by atoms with Crippen LogP contribution in [0.4, 0.5) is 0 Å². The summed E-state index contributed by atoms with van der Waals surface area (Å²) in [5.74, 6) is 0.565. The van der Waals surface area contributed by atoms with Crippen LogP contribution >= 0.6 is 31.9 Å². The van der Waals surface area contributed by atoms with E-state index in [1.165, 1.54) is 6.08 Å². The Morgan fingerprint density at radius 3 is 2.68 bits per heavy atom. The molecule has 2 N–H and O–H groups in total. The van der Waals surface area contributed by atoms with Crippen molar-refractivity contribution in [3.8, 4) is 0 Å². The maximum absolute atomic E-state index is 12.5. The maximum Gasteiger partial charge on any atom is 0.189 e. The molecule has 5 nitrogen and oxygen atoms in total. The summed E-state index contributed by atoms with van der Waals surface area (Å²) in [6.07, 6.45) is 0.401. The van der Waals surface area contributed by atoms with Crippen molar-refractivity contribution in [3.05, 3.63) is 61.9 Å². The molecule has 1 saturated heterocycles. The second kappa shape index (κ2) is 7.55. The molecule has 7 heteroatoms. The maximum atomic E-state index is 12.5. The summed E-state index contributed by atoms with van der Waals surface area (Å²) < 4.78 is 12.7. The van der Waals surface area contributed by atoms with Crippen molar-refractivity contribution >= 4 is 43.7 Å². The molecule has 3 atom stereocenters. The number of rotatable bonds is 4. The van der Waals surface area contributed by atoms with Gasteiger partial charge in [-0.2, -0.15) is 0 Å². The molecule has 1 aromatic carbocycles.